The molecule has 0 aliphatic carbocycles. The number of hydrogen-bond acceptors (Lipinski definition) is 7. The SMILES string of the molecule is CCOc1cc(/C=C2\SC(=S)N(CC)C2=O)c(Br)cc1OCc1cccc([N+](=O)[O-])c1. The second kappa shape index (κ2) is 10.3. The van der Waals surface area contributed by atoms with Gasteiger partial charge in [-0.1, -0.05) is 52.0 Å². The van der Waals surface area contributed by atoms with Crippen molar-refractivity contribution in [1.82, 2.24) is 4.90 Å². The zero-order chi connectivity index (χ0) is 22.5. The summed E-state index contributed by atoms with van der Waals surface area (Å²) in [4.78, 5) is 25.1. The van der Waals surface area contributed by atoms with E-state index in [1.807, 2.05) is 13.8 Å². The van der Waals surface area contributed by atoms with Crippen molar-refractivity contribution in [1.29, 1.82) is 0 Å². The minimum Gasteiger partial charge on any atom is -0.490 e. The third kappa shape index (κ3) is 5.44. The third-order valence-corrected chi connectivity index (χ3v) is 6.42. The van der Waals surface area contributed by atoms with Crippen molar-refractivity contribution in [3.05, 3.63) is 67.0 Å². The molecule has 1 saturated heterocycles. The molecule has 0 saturated carbocycles. The van der Waals surface area contributed by atoms with Gasteiger partial charge in [0.25, 0.3) is 11.6 Å². The molecule has 0 unspecified atom stereocenters. The Kier molecular flexibility index (Phi) is 7.69. The predicted molar refractivity (Wildman–Crippen MR) is 128 cm³/mol. The van der Waals surface area contributed by atoms with E-state index in [0.29, 0.717) is 43.9 Å². The number of benzene rings is 2. The quantitative estimate of drug-likeness (QED) is 0.194. The number of nitrogens with zero attached hydrogens (tertiary/aromatic N) is 2. The summed E-state index contributed by atoms with van der Waals surface area (Å²) in [7, 11) is 0. The van der Waals surface area contributed by atoms with Gasteiger partial charge < -0.3 is 9.47 Å². The molecule has 31 heavy (non-hydrogen) atoms. The summed E-state index contributed by atoms with van der Waals surface area (Å²) >= 11 is 10.1. The molecular formula is C21H19BrN2O5S2. The molecule has 0 radical (unpaired) electrons. The molecule has 0 bridgehead atoms. The van der Waals surface area contributed by atoms with Crippen LogP contribution in [0.25, 0.3) is 6.08 Å². The number of halogens is 1. The number of thioether (sulfide) groups is 1. The van der Waals surface area contributed by atoms with Crippen LogP contribution in [-0.4, -0.2) is 33.2 Å². The lowest BCUT2D eigenvalue weighted by Crippen LogP contribution is -2.27. The van der Waals surface area contributed by atoms with Gasteiger partial charge in [-0.3, -0.25) is 19.8 Å². The molecule has 162 valence electrons. The molecule has 2 aromatic rings. The van der Waals surface area contributed by atoms with Gasteiger partial charge in [0.1, 0.15) is 10.9 Å². The Hall–Kier alpha value is -2.43. The van der Waals surface area contributed by atoms with Gasteiger partial charge >= 0.3 is 0 Å². The van der Waals surface area contributed by atoms with E-state index in [1.165, 1.54) is 23.9 Å². The molecule has 10 heteroatoms. The number of nitro benzene ring substituents is 1. The number of hydrogen-bond donors (Lipinski definition) is 0. The molecule has 0 aromatic heterocycles. The number of ether oxygens (including phenoxy) is 2. The third-order valence-electron chi connectivity index (χ3n) is 4.36. The first kappa shape index (κ1) is 23.2. The first-order valence-electron chi connectivity index (χ1n) is 9.41. The zero-order valence-electron chi connectivity index (χ0n) is 16.8. The minimum absolute atomic E-state index is 0.00653. The summed E-state index contributed by atoms with van der Waals surface area (Å²) < 4.78 is 12.9. The molecular weight excluding hydrogens is 504 g/mol. The van der Waals surface area contributed by atoms with Crippen molar-refractivity contribution in [2.24, 2.45) is 0 Å². The van der Waals surface area contributed by atoms with E-state index < -0.39 is 4.92 Å². The summed E-state index contributed by atoms with van der Waals surface area (Å²) in [6, 6.07) is 9.82. The highest BCUT2D eigenvalue weighted by Gasteiger charge is 2.30. The number of nitro groups is 1. The smallest absolute Gasteiger partial charge is 0.269 e. The average molecular weight is 523 g/mol. The topological polar surface area (TPSA) is 81.9 Å². The molecule has 3 rings (SSSR count). The number of rotatable bonds is 8. The fraction of sp³-hybridized carbons (Fsp3) is 0.238. The molecule has 0 spiro atoms. The molecule has 0 N–H and O–H groups in total. The van der Waals surface area contributed by atoms with Crippen LogP contribution in [0.3, 0.4) is 0 Å². The van der Waals surface area contributed by atoms with Crippen LogP contribution < -0.4 is 9.47 Å². The van der Waals surface area contributed by atoms with Gasteiger partial charge in [0, 0.05) is 23.2 Å². The normalized spacial score (nSPS) is 14.9. The highest BCUT2D eigenvalue weighted by atomic mass is 79.9. The lowest BCUT2D eigenvalue weighted by molar-refractivity contribution is -0.384. The van der Waals surface area contributed by atoms with E-state index in [0.717, 1.165) is 5.56 Å². The van der Waals surface area contributed by atoms with Gasteiger partial charge in [0.05, 0.1) is 16.4 Å². The predicted octanol–water partition coefficient (Wildman–Crippen LogP) is 5.56. The summed E-state index contributed by atoms with van der Waals surface area (Å²) in [5.74, 6) is 0.875. The van der Waals surface area contributed by atoms with Crippen LogP contribution >= 0.6 is 39.9 Å². The van der Waals surface area contributed by atoms with Crippen molar-refractivity contribution in [3.8, 4) is 11.5 Å². The lowest BCUT2D eigenvalue weighted by atomic mass is 10.1. The number of carbonyl (C=O) groups is 1. The highest BCUT2D eigenvalue weighted by Crippen LogP contribution is 2.38. The maximum atomic E-state index is 12.5. The molecule has 1 aliphatic rings. The van der Waals surface area contributed by atoms with Crippen LogP contribution in [0.1, 0.15) is 25.0 Å². The van der Waals surface area contributed by atoms with E-state index in [9.17, 15) is 14.9 Å². The first-order valence-corrected chi connectivity index (χ1v) is 11.4. The maximum absolute atomic E-state index is 12.5. The Bertz CT molecular complexity index is 1070. The second-order valence-corrected chi connectivity index (χ2v) is 8.93. The lowest BCUT2D eigenvalue weighted by Gasteiger charge is -2.14. The Morgan fingerprint density at radius 2 is 1.97 bits per heavy atom. The standard InChI is InChI=1S/C21H19BrN2O5S2/c1-3-23-20(25)19(31-21(23)30)10-14-9-17(28-4-2)18(11-16(14)22)29-12-13-6-5-7-15(8-13)24(26)27/h5-11H,3-4,12H2,1-2H3/b19-10-. The monoisotopic (exact) mass is 522 g/mol. The van der Waals surface area contributed by atoms with Crippen LogP contribution in [0.5, 0.6) is 11.5 Å². The molecule has 2 aromatic carbocycles. The number of non-ortho nitro benzene ring substituents is 1. The Morgan fingerprint density at radius 3 is 2.61 bits per heavy atom. The largest absolute Gasteiger partial charge is 0.490 e. The average Bonchev–Trinajstić information content (AvgIpc) is 3.01. The molecule has 1 fully saturated rings. The highest BCUT2D eigenvalue weighted by molar-refractivity contribution is 9.10. The number of likely N-dealkylation sites (N-methyl/N-ethyl adjacent to an activating group) is 1. The van der Waals surface area contributed by atoms with Crippen LogP contribution in [0.15, 0.2) is 45.8 Å². The Morgan fingerprint density at radius 1 is 1.23 bits per heavy atom. The molecule has 1 amide bonds. The van der Waals surface area contributed by atoms with E-state index in [4.69, 9.17) is 21.7 Å². The van der Waals surface area contributed by atoms with E-state index in [1.54, 1.807) is 35.2 Å². The summed E-state index contributed by atoms with van der Waals surface area (Å²) in [6.45, 7) is 4.83. The number of thiocarbonyl (C=S) groups is 1. The van der Waals surface area contributed by atoms with Crippen molar-refractivity contribution >= 4 is 61.9 Å². The number of amides is 1. The summed E-state index contributed by atoms with van der Waals surface area (Å²) in [5.41, 5.74) is 1.43. The van der Waals surface area contributed by atoms with Gasteiger partial charge in [0.15, 0.2) is 11.5 Å². The summed E-state index contributed by atoms with van der Waals surface area (Å²) in [5, 5.41) is 11.0. The van der Waals surface area contributed by atoms with Crippen molar-refractivity contribution in [2.45, 2.75) is 20.5 Å². The van der Waals surface area contributed by atoms with Crippen LogP contribution in [0.2, 0.25) is 0 Å². The minimum atomic E-state index is -0.443. The van der Waals surface area contributed by atoms with Crippen LogP contribution in [0.4, 0.5) is 5.69 Å². The zero-order valence-corrected chi connectivity index (χ0v) is 20.0. The van der Waals surface area contributed by atoms with E-state index >= 15 is 0 Å². The van der Waals surface area contributed by atoms with Crippen molar-refractivity contribution < 1.29 is 19.2 Å². The van der Waals surface area contributed by atoms with Gasteiger partial charge in [-0.05, 0) is 43.2 Å². The van der Waals surface area contributed by atoms with Crippen molar-refractivity contribution in [3.63, 3.8) is 0 Å². The molecule has 7 nitrogen and oxygen atoms in total. The van der Waals surface area contributed by atoms with Crippen LogP contribution in [-0.2, 0) is 11.4 Å². The molecule has 1 aliphatic heterocycles. The molecule has 0 atom stereocenters. The fourth-order valence-electron chi connectivity index (χ4n) is 2.88. The van der Waals surface area contributed by atoms with Gasteiger partial charge in [0.2, 0.25) is 0 Å². The van der Waals surface area contributed by atoms with Gasteiger partial charge in [-0.15, -0.1) is 0 Å². The Balaban J connectivity index is 1.86. The number of carbonyl (C=O) groups excluding carboxylic acids is 1. The van der Waals surface area contributed by atoms with Gasteiger partial charge in [-0.2, -0.15) is 0 Å². The maximum Gasteiger partial charge on any atom is 0.269 e. The van der Waals surface area contributed by atoms with Crippen LogP contribution in [0, 0.1) is 10.1 Å². The van der Waals surface area contributed by atoms with E-state index in [-0.39, 0.29) is 18.2 Å². The molecule has 1 heterocycles. The first-order chi connectivity index (χ1) is 14.8. The van der Waals surface area contributed by atoms with Crippen molar-refractivity contribution in [2.75, 3.05) is 13.2 Å². The fourth-order valence-corrected chi connectivity index (χ4v) is 4.69. The second-order valence-electron chi connectivity index (χ2n) is 6.40. The summed E-state index contributed by atoms with van der Waals surface area (Å²) in [6.07, 6.45) is 1.77. The van der Waals surface area contributed by atoms with Gasteiger partial charge in [-0.25, -0.2) is 0 Å². The van der Waals surface area contributed by atoms with E-state index in [2.05, 4.69) is 15.9 Å². The Labute approximate surface area is 197 Å².